The number of carbonyl (C=O) groups is 1. The topological polar surface area (TPSA) is 49.0 Å². The Balaban J connectivity index is 1.56. The second kappa shape index (κ2) is 5.26. The van der Waals surface area contributed by atoms with Crippen molar-refractivity contribution < 1.29 is 4.79 Å². The van der Waals surface area contributed by atoms with Crippen molar-refractivity contribution in [2.24, 2.45) is 0 Å². The van der Waals surface area contributed by atoms with Gasteiger partial charge < -0.3 is 9.88 Å². The highest BCUT2D eigenvalue weighted by atomic mass is 16.1. The lowest BCUT2D eigenvalue weighted by Gasteiger charge is -2.17. The van der Waals surface area contributed by atoms with Crippen LogP contribution in [0.2, 0.25) is 0 Å². The molecule has 19 heavy (non-hydrogen) atoms. The molecule has 1 aliphatic carbocycles. The Labute approximate surface area is 112 Å². The molecule has 1 amide bonds. The maximum atomic E-state index is 11.2. The van der Waals surface area contributed by atoms with Crippen LogP contribution in [0.5, 0.6) is 0 Å². The van der Waals surface area contributed by atoms with E-state index >= 15 is 0 Å². The van der Waals surface area contributed by atoms with Gasteiger partial charge >= 0.3 is 0 Å². The quantitative estimate of drug-likeness (QED) is 0.802. The fourth-order valence-electron chi connectivity index (χ4n) is 2.55. The standard InChI is InChI=1S/C15H17N3O/c19-11-18(7-6-12-4-2-1-3-5-12)15-8-13(15)14-9-16-10-17-14/h1-5,9-11,13,15H,6-8H2,(H,16,17). The summed E-state index contributed by atoms with van der Waals surface area (Å²) in [6, 6.07) is 10.6. The number of amides is 1. The van der Waals surface area contributed by atoms with E-state index in [9.17, 15) is 4.79 Å². The molecule has 1 aliphatic rings. The summed E-state index contributed by atoms with van der Waals surface area (Å²) in [5, 5.41) is 0. The number of carbonyl (C=O) groups excluding carboxylic acids is 1. The third-order valence-electron chi connectivity index (χ3n) is 3.74. The minimum atomic E-state index is 0.335. The third-order valence-corrected chi connectivity index (χ3v) is 3.74. The average Bonchev–Trinajstić information content (AvgIpc) is 3.05. The van der Waals surface area contributed by atoms with Crippen LogP contribution in [0.25, 0.3) is 0 Å². The molecule has 1 aromatic carbocycles. The molecule has 0 saturated heterocycles. The summed E-state index contributed by atoms with van der Waals surface area (Å²) in [4.78, 5) is 20.3. The summed E-state index contributed by atoms with van der Waals surface area (Å²) in [7, 11) is 0. The van der Waals surface area contributed by atoms with Crippen LogP contribution in [0.4, 0.5) is 0 Å². The maximum Gasteiger partial charge on any atom is 0.209 e. The van der Waals surface area contributed by atoms with Gasteiger partial charge in [0.05, 0.1) is 6.33 Å². The van der Waals surface area contributed by atoms with Crippen molar-refractivity contribution in [2.75, 3.05) is 6.54 Å². The second-order valence-corrected chi connectivity index (χ2v) is 5.00. The largest absolute Gasteiger partial charge is 0.348 e. The van der Waals surface area contributed by atoms with Gasteiger partial charge in [0.25, 0.3) is 0 Å². The van der Waals surface area contributed by atoms with Crippen molar-refractivity contribution in [2.45, 2.75) is 24.8 Å². The highest BCUT2D eigenvalue weighted by molar-refractivity contribution is 5.50. The molecule has 1 heterocycles. The highest BCUT2D eigenvalue weighted by Gasteiger charge is 2.43. The van der Waals surface area contributed by atoms with E-state index in [-0.39, 0.29) is 0 Å². The number of nitrogens with zero attached hydrogens (tertiary/aromatic N) is 2. The molecule has 0 radical (unpaired) electrons. The van der Waals surface area contributed by atoms with E-state index < -0.39 is 0 Å². The van der Waals surface area contributed by atoms with Gasteiger partial charge in [-0.25, -0.2) is 4.98 Å². The first-order chi connectivity index (χ1) is 9.38. The molecule has 1 N–H and O–H groups in total. The first-order valence-electron chi connectivity index (χ1n) is 6.61. The molecule has 1 aromatic heterocycles. The number of benzene rings is 1. The van der Waals surface area contributed by atoms with Gasteiger partial charge in [0.2, 0.25) is 6.41 Å². The molecule has 2 atom stereocenters. The van der Waals surface area contributed by atoms with Crippen LogP contribution in [0, 0.1) is 0 Å². The molecule has 0 bridgehead atoms. The van der Waals surface area contributed by atoms with Gasteiger partial charge in [0.15, 0.2) is 0 Å². The number of hydrogen-bond acceptors (Lipinski definition) is 2. The fourth-order valence-corrected chi connectivity index (χ4v) is 2.55. The molecule has 4 nitrogen and oxygen atoms in total. The van der Waals surface area contributed by atoms with Gasteiger partial charge in [-0.15, -0.1) is 0 Å². The fraction of sp³-hybridized carbons (Fsp3) is 0.333. The van der Waals surface area contributed by atoms with Gasteiger partial charge in [-0.1, -0.05) is 30.3 Å². The van der Waals surface area contributed by atoms with E-state index in [4.69, 9.17) is 0 Å². The van der Waals surface area contributed by atoms with Gasteiger partial charge in [-0.05, 0) is 18.4 Å². The first-order valence-corrected chi connectivity index (χ1v) is 6.61. The molecular formula is C15H17N3O. The molecule has 2 unspecified atom stereocenters. The Bertz CT molecular complexity index is 524. The van der Waals surface area contributed by atoms with Crippen LogP contribution in [-0.4, -0.2) is 33.9 Å². The summed E-state index contributed by atoms with van der Waals surface area (Å²) < 4.78 is 0. The third kappa shape index (κ3) is 2.67. The van der Waals surface area contributed by atoms with Crippen molar-refractivity contribution in [3.8, 4) is 0 Å². The highest BCUT2D eigenvalue weighted by Crippen LogP contribution is 2.43. The number of aromatic nitrogens is 2. The van der Waals surface area contributed by atoms with Crippen molar-refractivity contribution in [1.29, 1.82) is 0 Å². The number of nitrogens with one attached hydrogen (secondary N) is 1. The Kier molecular flexibility index (Phi) is 3.31. The molecule has 4 heteroatoms. The molecule has 1 saturated carbocycles. The van der Waals surface area contributed by atoms with Crippen LogP contribution in [0.3, 0.4) is 0 Å². The smallest absolute Gasteiger partial charge is 0.209 e. The first kappa shape index (κ1) is 12.0. The predicted molar refractivity (Wildman–Crippen MR) is 72.6 cm³/mol. The zero-order valence-corrected chi connectivity index (χ0v) is 10.7. The molecule has 1 fully saturated rings. The summed E-state index contributed by atoms with van der Waals surface area (Å²) in [6.07, 6.45) is 6.47. The number of imidazole rings is 1. The van der Waals surface area contributed by atoms with Crippen LogP contribution >= 0.6 is 0 Å². The van der Waals surface area contributed by atoms with E-state index in [1.54, 1.807) is 6.33 Å². The van der Waals surface area contributed by atoms with E-state index in [0.29, 0.717) is 12.0 Å². The summed E-state index contributed by atoms with van der Waals surface area (Å²) in [5.74, 6) is 0.434. The van der Waals surface area contributed by atoms with E-state index in [2.05, 4.69) is 22.1 Å². The van der Waals surface area contributed by atoms with Crippen LogP contribution < -0.4 is 0 Å². The summed E-state index contributed by atoms with van der Waals surface area (Å²) in [5.41, 5.74) is 2.41. The van der Waals surface area contributed by atoms with Crippen molar-refractivity contribution in [1.82, 2.24) is 14.9 Å². The van der Waals surface area contributed by atoms with E-state index in [1.165, 1.54) is 5.56 Å². The normalized spacial score (nSPS) is 21.1. The van der Waals surface area contributed by atoms with Gasteiger partial charge in [-0.2, -0.15) is 0 Å². The van der Waals surface area contributed by atoms with Crippen molar-refractivity contribution >= 4 is 6.41 Å². The number of H-pyrrole nitrogens is 1. The van der Waals surface area contributed by atoms with Gasteiger partial charge in [-0.3, -0.25) is 4.79 Å². The van der Waals surface area contributed by atoms with E-state index in [1.807, 2.05) is 29.3 Å². The minimum absolute atomic E-state index is 0.335. The van der Waals surface area contributed by atoms with Crippen molar-refractivity contribution in [3.05, 3.63) is 54.1 Å². The molecule has 0 spiro atoms. The lowest BCUT2D eigenvalue weighted by molar-refractivity contribution is -0.118. The lowest BCUT2D eigenvalue weighted by atomic mass is 10.1. The number of rotatable bonds is 6. The average molecular weight is 255 g/mol. The van der Waals surface area contributed by atoms with Crippen LogP contribution in [0.15, 0.2) is 42.9 Å². The van der Waals surface area contributed by atoms with Crippen LogP contribution in [0.1, 0.15) is 23.6 Å². The van der Waals surface area contributed by atoms with E-state index in [0.717, 1.165) is 31.5 Å². The van der Waals surface area contributed by atoms with Gasteiger partial charge in [0, 0.05) is 30.4 Å². The zero-order valence-electron chi connectivity index (χ0n) is 10.7. The Morgan fingerprint density at radius 1 is 1.37 bits per heavy atom. The summed E-state index contributed by atoms with van der Waals surface area (Å²) >= 11 is 0. The minimum Gasteiger partial charge on any atom is -0.348 e. The number of hydrogen-bond donors (Lipinski definition) is 1. The molecular weight excluding hydrogens is 238 g/mol. The molecule has 98 valence electrons. The van der Waals surface area contributed by atoms with Crippen LogP contribution in [-0.2, 0) is 11.2 Å². The zero-order chi connectivity index (χ0) is 13.1. The monoisotopic (exact) mass is 255 g/mol. The summed E-state index contributed by atoms with van der Waals surface area (Å²) in [6.45, 7) is 0.781. The molecule has 0 aliphatic heterocycles. The Morgan fingerprint density at radius 2 is 2.21 bits per heavy atom. The Morgan fingerprint density at radius 3 is 2.89 bits per heavy atom. The number of aromatic amines is 1. The molecule has 3 rings (SSSR count). The lowest BCUT2D eigenvalue weighted by Crippen LogP contribution is -2.27. The maximum absolute atomic E-state index is 11.2. The predicted octanol–water partition coefficient (Wildman–Crippen LogP) is 1.97. The van der Waals surface area contributed by atoms with Gasteiger partial charge in [0.1, 0.15) is 0 Å². The SMILES string of the molecule is O=CN(CCc1ccccc1)C1CC1c1cnc[nH]1. The Hall–Kier alpha value is -2.10. The second-order valence-electron chi connectivity index (χ2n) is 5.00. The van der Waals surface area contributed by atoms with Crippen molar-refractivity contribution in [3.63, 3.8) is 0 Å². The molecule has 2 aromatic rings.